The number of rotatable bonds is 6. The number of piperidine rings is 1. The van der Waals surface area contributed by atoms with Crippen LogP contribution in [-0.2, 0) is 16.0 Å². The van der Waals surface area contributed by atoms with Gasteiger partial charge in [0, 0.05) is 37.4 Å². The lowest BCUT2D eigenvalue weighted by molar-refractivity contribution is -0.145. The molecule has 3 rings (SSSR count). The van der Waals surface area contributed by atoms with Crippen molar-refractivity contribution in [2.75, 3.05) is 19.6 Å². The molecule has 2 heterocycles. The highest BCUT2D eigenvalue weighted by molar-refractivity contribution is 5.85. The molecule has 1 aromatic heterocycles. The van der Waals surface area contributed by atoms with Crippen molar-refractivity contribution >= 4 is 11.8 Å². The quantitative estimate of drug-likeness (QED) is 0.712. The zero-order valence-electron chi connectivity index (χ0n) is 18.9. The SMILES string of the molecule is C=CCNC(=O)C1(Cc2cccc(-c3ccncc3)c2)CCN(C(=O)C(C)(C)C)CC1. The van der Waals surface area contributed by atoms with Crippen LogP contribution in [0.3, 0.4) is 0 Å². The van der Waals surface area contributed by atoms with Crippen LogP contribution in [0.4, 0.5) is 0 Å². The first kappa shape index (κ1) is 22.7. The average molecular weight is 420 g/mol. The molecule has 0 atom stereocenters. The van der Waals surface area contributed by atoms with Gasteiger partial charge in [0.15, 0.2) is 0 Å². The Morgan fingerprint density at radius 3 is 2.42 bits per heavy atom. The van der Waals surface area contributed by atoms with Crippen molar-refractivity contribution in [2.45, 2.75) is 40.0 Å². The molecule has 1 saturated heterocycles. The molecule has 5 nitrogen and oxygen atoms in total. The molecule has 5 heteroatoms. The standard InChI is InChI=1S/C26H33N3O2/c1-5-13-28-23(30)26(11-16-29(17-12-26)24(31)25(2,3)4)19-20-7-6-8-22(18-20)21-9-14-27-15-10-21/h5-10,14-15,18H,1,11-13,16-17,19H2,2-4H3,(H,28,30). The van der Waals surface area contributed by atoms with Crippen LogP contribution in [0.2, 0.25) is 0 Å². The highest BCUT2D eigenvalue weighted by Crippen LogP contribution is 2.37. The maximum Gasteiger partial charge on any atom is 0.227 e. The Bertz CT molecular complexity index is 923. The third-order valence-corrected chi connectivity index (χ3v) is 6.02. The van der Waals surface area contributed by atoms with Crippen molar-refractivity contribution in [3.05, 3.63) is 67.0 Å². The summed E-state index contributed by atoms with van der Waals surface area (Å²) in [7, 11) is 0. The molecule has 2 amide bonds. The average Bonchev–Trinajstić information content (AvgIpc) is 2.77. The van der Waals surface area contributed by atoms with E-state index in [1.165, 1.54) is 0 Å². The summed E-state index contributed by atoms with van der Waals surface area (Å²) in [6.07, 6.45) is 7.22. The van der Waals surface area contributed by atoms with Crippen molar-refractivity contribution < 1.29 is 9.59 Å². The fourth-order valence-electron chi connectivity index (χ4n) is 4.24. The van der Waals surface area contributed by atoms with Gasteiger partial charge in [0.2, 0.25) is 11.8 Å². The summed E-state index contributed by atoms with van der Waals surface area (Å²) in [5.41, 5.74) is 2.39. The predicted molar refractivity (Wildman–Crippen MR) is 124 cm³/mol. The van der Waals surface area contributed by atoms with E-state index in [1.807, 2.05) is 43.9 Å². The van der Waals surface area contributed by atoms with Crippen LogP contribution in [0.1, 0.15) is 39.2 Å². The molecule has 0 aliphatic carbocycles. The molecule has 1 aliphatic rings. The lowest BCUT2D eigenvalue weighted by Gasteiger charge is -2.42. The Morgan fingerprint density at radius 1 is 1.13 bits per heavy atom. The van der Waals surface area contributed by atoms with E-state index in [9.17, 15) is 9.59 Å². The minimum atomic E-state index is -0.533. The van der Waals surface area contributed by atoms with Crippen LogP contribution in [0, 0.1) is 10.8 Å². The van der Waals surface area contributed by atoms with Gasteiger partial charge in [0.1, 0.15) is 0 Å². The van der Waals surface area contributed by atoms with E-state index in [2.05, 4.69) is 35.1 Å². The topological polar surface area (TPSA) is 62.3 Å². The number of nitrogens with zero attached hydrogens (tertiary/aromatic N) is 2. The zero-order chi connectivity index (χ0) is 22.5. The van der Waals surface area contributed by atoms with Gasteiger partial charge in [0.05, 0.1) is 5.41 Å². The van der Waals surface area contributed by atoms with E-state index in [4.69, 9.17) is 0 Å². The van der Waals surface area contributed by atoms with Crippen molar-refractivity contribution in [3.8, 4) is 11.1 Å². The number of carbonyl (C=O) groups excluding carboxylic acids is 2. The van der Waals surface area contributed by atoms with Crippen LogP contribution in [0.25, 0.3) is 11.1 Å². The Labute approximate surface area is 185 Å². The summed E-state index contributed by atoms with van der Waals surface area (Å²) in [5.74, 6) is 0.192. The van der Waals surface area contributed by atoms with Gasteiger partial charge in [-0.1, -0.05) is 51.1 Å². The van der Waals surface area contributed by atoms with Crippen molar-refractivity contribution in [1.29, 1.82) is 0 Å². The zero-order valence-corrected chi connectivity index (χ0v) is 18.9. The highest BCUT2D eigenvalue weighted by atomic mass is 16.2. The van der Waals surface area contributed by atoms with Crippen molar-refractivity contribution in [3.63, 3.8) is 0 Å². The first-order valence-corrected chi connectivity index (χ1v) is 10.9. The lowest BCUT2D eigenvalue weighted by Crippen LogP contribution is -2.53. The van der Waals surface area contributed by atoms with Crippen LogP contribution >= 0.6 is 0 Å². The first-order valence-electron chi connectivity index (χ1n) is 10.9. The minimum absolute atomic E-state index is 0.0459. The Balaban J connectivity index is 1.83. The number of amides is 2. The van der Waals surface area contributed by atoms with Gasteiger partial charge >= 0.3 is 0 Å². The molecule has 1 aliphatic heterocycles. The summed E-state index contributed by atoms with van der Waals surface area (Å²) < 4.78 is 0. The first-order chi connectivity index (χ1) is 14.7. The summed E-state index contributed by atoms with van der Waals surface area (Å²) in [6, 6.07) is 12.3. The number of nitrogens with one attached hydrogen (secondary N) is 1. The molecule has 0 bridgehead atoms. The Kier molecular flexibility index (Phi) is 6.94. The lowest BCUT2D eigenvalue weighted by atomic mass is 9.72. The van der Waals surface area contributed by atoms with Crippen molar-refractivity contribution in [2.24, 2.45) is 10.8 Å². The second-order valence-corrected chi connectivity index (χ2v) is 9.43. The van der Waals surface area contributed by atoms with E-state index in [1.54, 1.807) is 18.5 Å². The number of hydrogen-bond acceptors (Lipinski definition) is 3. The molecule has 0 saturated carbocycles. The number of carbonyl (C=O) groups is 2. The fraction of sp³-hybridized carbons (Fsp3) is 0.423. The van der Waals surface area contributed by atoms with Gasteiger partial charge in [-0.3, -0.25) is 14.6 Å². The van der Waals surface area contributed by atoms with Gasteiger partial charge in [-0.2, -0.15) is 0 Å². The molecule has 1 aromatic carbocycles. The predicted octanol–water partition coefficient (Wildman–Crippen LogP) is 4.25. The number of likely N-dealkylation sites (tertiary alicyclic amines) is 1. The third kappa shape index (κ3) is 5.40. The van der Waals surface area contributed by atoms with Gasteiger partial charge in [0.25, 0.3) is 0 Å². The molecular weight excluding hydrogens is 386 g/mol. The molecule has 31 heavy (non-hydrogen) atoms. The highest BCUT2D eigenvalue weighted by Gasteiger charge is 2.43. The van der Waals surface area contributed by atoms with E-state index in [0.29, 0.717) is 38.9 Å². The van der Waals surface area contributed by atoms with Gasteiger partial charge < -0.3 is 10.2 Å². The van der Waals surface area contributed by atoms with Crippen LogP contribution < -0.4 is 5.32 Å². The summed E-state index contributed by atoms with van der Waals surface area (Å²) in [6.45, 7) is 11.2. The molecule has 0 unspecified atom stereocenters. The smallest absolute Gasteiger partial charge is 0.227 e. The monoisotopic (exact) mass is 419 g/mol. The van der Waals surface area contributed by atoms with E-state index >= 15 is 0 Å². The Morgan fingerprint density at radius 2 is 1.81 bits per heavy atom. The molecule has 2 aromatic rings. The van der Waals surface area contributed by atoms with E-state index in [0.717, 1.165) is 16.7 Å². The number of aromatic nitrogens is 1. The minimum Gasteiger partial charge on any atom is -0.352 e. The molecule has 1 fully saturated rings. The second kappa shape index (κ2) is 9.46. The largest absolute Gasteiger partial charge is 0.352 e. The van der Waals surface area contributed by atoms with Gasteiger partial charge in [-0.15, -0.1) is 6.58 Å². The molecule has 1 N–H and O–H groups in total. The third-order valence-electron chi connectivity index (χ3n) is 6.02. The second-order valence-electron chi connectivity index (χ2n) is 9.43. The van der Waals surface area contributed by atoms with Crippen LogP contribution in [-0.4, -0.2) is 41.3 Å². The summed E-state index contributed by atoms with van der Waals surface area (Å²) in [4.78, 5) is 32.0. The maximum absolute atomic E-state index is 13.2. The van der Waals surface area contributed by atoms with Gasteiger partial charge in [-0.25, -0.2) is 0 Å². The fourth-order valence-corrected chi connectivity index (χ4v) is 4.24. The number of benzene rings is 1. The molecular formula is C26H33N3O2. The van der Waals surface area contributed by atoms with Crippen LogP contribution in [0.15, 0.2) is 61.4 Å². The molecule has 0 radical (unpaired) electrons. The van der Waals surface area contributed by atoms with E-state index in [-0.39, 0.29) is 11.8 Å². The number of hydrogen-bond donors (Lipinski definition) is 1. The van der Waals surface area contributed by atoms with Crippen molar-refractivity contribution in [1.82, 2.24) is 15.2 Å². The Hall–Kier alpha value is -2.95. The maximum atomic E-state index is 13.2. The molecule has 0 spiro atoms. The van der Waals surface area contributed by atoms with E-state index < -0.39 is 10.8 Å². The summed E-state index contributed by atoms with van der Waals surface area (Å²) >= 11 is 0. The normalized spacial score (nSPS) is 15.9. The van der Waals surface area contributed by atoms with Gasteiger partial charge in [-0.05, 0) is 48.1 Å². The number of pyridine rings is 1. The molecule has 164 valence electrons. The summed E-state index contributed by atoms with van der Waals surface area (Å²) in [5, 5.41) is 3.02. The van der Waals surface area contributed by atoms with Crippen LogP contribution in [0.5, 0.6) is 0 Å².